The molecule has 2 heterocycles. The van der Waals surface area contributed by atoms with E-state index in [0.717, 1.165) is 11.3 Å². The molecule has 0 atom stereocenters. The van der Waals surface area contributed by atoms with Gasteiger partial charge in [0.25, 0.3) is 5.89 Å². The Morgan fingerprint density at radius 2 is 2.05 bits per heavy atom. The zero-order valence-corrected chi connectivity index (χ0v) is 11.4. The molecular formula is C13H12ClN5O. The molecule has 0 fully saturated rings. The van der Waals surface area contributed by atoms with Gasteiger partial charge in [-0.25, -0.2) is 4.68 Å². The number of hydrogen-bond donors (Lipinski definition) is 0. The minimum Gasteiger partial charge on any atom is -0.334 e. The van der Waals surface area contributed by atoms with E-state index in [0.29, 0.717) is 30.6 Å². The second-order valence-corrected chi connectivity index (χ2v) is 4.61. The molecule has 1 aromatic carbocycles. The fourth-order valence-electron chi connectivity index (χ4n) is 1.79. The molecule has 0 bridgehead atoms. The molecule has 0 radical (unpaired) electrons. The molecule has 102 valence electrons. The minimum atomic E-state index is 0.422. The first kappa shape index (κ1) is 12.8. The van der Waals surface area contributed by atoms with E-state index in [4.69, 9.17) is 16.1 Å². The summed E-state index contributed by atoms with van der Waals surface area (Å²) in [5.41, 5.74) is 1.75. The number of benzene rings is 1. The van der Waals surface area contributed by atoms with Gasteiger partial charge in [-0.05, 0) is 12.1 Å². The predicted molar refractivity (Wildman–Crippen MR) is 73.3 cm³/mol. The van der Waals surface area contributed by atoms with Crippen molar-refractivity contribution in [1.29, 1.82) is 0 Å². The van der Waals surface area contributed by atoms with Gasteiger partial charge in [0, 0.05) is 24.1 Å². The second kappa shape index (κ2) is 5.83. The molecule has 0 unspecified atom stereocenters. The van der Waals surface area contributed by atoms with Crippen LogP contribution in [0.5, 0.6) is 0 Å². The van der Waals surface area contributed by atoms with Crippen LogP contribution in [0.2, 0.25) is 0 Å². The molecule has 0 spiro atoms. The van der Waals surface area contributed by atoms with E-state index in [1.54, 1.807) is 4.68 Å². The number of aromatic nitrogens is 5. The molecule has 3 aromatic rings. The zero-order chi connectivity index (χ0) is 13.8. The van der Waals surface area contributed by atoms with Crippen molar-refractivity contribution >= 4 is 11.6 Å². The molecule has 2 aromatic heterocycles. The molecule has 0 aliphatic carbocycles. The number of nitrogens with zero attached hydrogens (tertiary/aromatic N) is 5. The average Bonchev–Trinajstić information content (AvgIpc) is 3.11. The maximum atomic E-state index is 5.66. The van der Waals surface area contributed by atoms with Crippen LogP contribution in [-0.4, -0.2) is 31.0 Å². The smallest absolute Gasteiger partial charge is 0.257 e. The summed E-state index contributed by atoms with van der Waals surface area (Å²) >= 11 is 5.66. The summed E-state index contributed by atoms with van der Waals surface area (Å²) in [6, 6.07) is 9.63. The number of alkyl halides is 1. The van der Waals surface area contributed by atoms with Gasteiger partial charge in [-0.3, -0.25) is 0 Å². The Labute approximate surface area is 120 Å². The largest absolute Gasteiger partial charge is 0.334 e. The summed E-state index contributed by atoms with van der Waals surface area (Å²) in [5.74, 6) is 1.59. The van der Waals surface area contributed by atoms with Crippen molar-refractivity contribution in [3.05, 3.63) is 48.0 Å². The Hall–Kier alpha value is -2.21. The van der Waals surface area contributed by atoms with Gasteiger partial charge in [0.05, 0.1) is 5.69 Å². The number of halogens is 1. The topological polar surface area (TPSA) is 69.6 Å². The van der Waals surface area contributed by atoms with Gasteiger partial charge in [0.1, 0.15) is 6.54 Å². The van der Waals surface area contributed by atoms with E-state index in [-0.39, 0.29) is 0 Å². The molecule has 0 amide bonds. The standard InChI is InChI=1S/C13H12ClN5O/c14-7-6-11-8-19(18-16-11)9-12-15-13(20-17-12)10-4-2-1-3-5-10/h1-5,8H,6-7,9H2. The van der Waals surface area contributed by atoms with Crippen LogP contribution in [0.3, 0.4) is 0 Å². The van der Waals surface area contributed by atoms with Crippen LogP contribution in [0.1, 0.15) is 11.5 Å². The van der Waals surface area contributed by atoms with Gasteiger partial charge < -0.3 is 4.52 Å². The SMILES string of the molecule is ClCCc1cn(Cc2noc(-c3ccccc3)n2)nn1. The highest BCUT2D eigenvalue weighted by Crippen LogP contribution is 2.16. The molecule has 20 heavy (non-hydrogen) atoms. The summed E-state index contributed by atoms with van der Waals surface area (Å²) in [7, 11) is 0. The van der Waals surface area contributed by atoms with Crippen LogP contribution in [0.15, 0.2) is 41.1 Å². The van der Waals surface area contributed by atoms with Crippen molar-refractivity contribution in [2.24, 2.45) is 0 Å². The quantitative estimate of drug-likeness (QED) is 0.673. The maximum Gasteiger partial charge on any atom is 0.257 e. The highest BCUT2D eigenvalue weighted by atomic mass is 35.5. The van der Waals surface area contributed by atoms with Gasteiger partial charge in [-0.1, -0.05) is 28.6 Å². The van der Waals surface area contributed by atoms with Crippen LogP contribution in [-0.2, 0) is 13.0 Å². The van der Waals surface area contributed by atoms with Gasteiger partial charge in [-0.15, -0.1) is 16.7 Å². The third-order valence-corrected chi connectivity index (χ3v) is 2.92. The van der Waals surface area contributed by atoms with E-state index in [9.17, 15) is 0 Å². The number of aryl methyl sites for hydroxylation is 1. The fraction of sp³-hybridized carbons (Fsp3) is 0.231. The Morgan fingerprint density at radius 3 is 2.85 bits per heavy atom. The number of hydrogen-bond acceptors (Lipinski definition) is 5. The third kappa shape index (κ3) is 2.85. The summed E-state index contributed by atoms with van der Waals surface area (Å²) in [4.78, 5) is 4.34. The fourth-order valence-corrected chi connectivity index (χ4v) is 1.98. The van der Waals surface area contributed by atoms with Crippen LogP contribution >= 0.6 is 11.6 Å². The first-order chi connectivity index (χ1) is 9.85. The van der Waals surface area contributed by atoms with Crippen LogP contribution < -0.4 is 0 Å². The summed E-state index contributed by atoms with van der Waals surface area (Å²) < 4.78 is 6.90. The lowest BCUT2D eigenvalue weighted by Gasteiger charge is -1.93. The Balaban J connectivity index is 1.73. The first-order valence-corrected chi connectivity index (χ1v) is 6.71. The van der Waals surface area contributed by atoms with Gasteiger partial charge >= 0.3 is 0 Å². The second-order valence-electron chi connectivity index (χ2n) is 4.23. The summed E-state index contributed by atoms with van der Waals surface area (Å²) in [5, 5.41) is 12.0. The molecule has 0 saturated heterocycles. The van der Waals surface area contributed by atoms with Crippen LogP contribution in [0.25, 0.3) is 11.5 Å². The molecular weight excluding hydrogens is 278 g/mol. The van der Waals surface area contributed by atoms with E-state index < -0.39 is 0 Å². The zero-order valence-electron chi connectivity index (χ0n) is 10.6. The molecule has 0 aliphatic rings. The Kier molecular flexibility index (Phi) is 3.73. The Morgan fingerprint density at radius 1 is 1.20 bits per heavy atom. The van der Waals surface area contributed by atoms with Crippen molar-refractivity contribution in [2.75, 3.05) is 5.88 Å². The van der Waals surface area contributed by atoms with E-state index >= 15 is 0 Å². The average molecular weight is 290 g/mol. The van der Waals surface area contributed by atoms with Crippen LogP contribution in [0, 0.1) is 0 Å². The highest BCUT2D eigenvalue weighted by molar-refractivity contribution is 6.17. The van der Waals surface area contributed by atoms with Crippen molar-refractivity contribution in [1.82, 2.24) is 25.1 Å². The summed E-state index contributed by atoms with van der Waals surface area (Å²) in [6.07, 6.45) is 2.53. The van der Waals surface area contributed by atoms with Crippen molar-refractivity contribution < 1.29 is 4.52 Å². The maximum absolute atomic E-state index is 5.66. The Bertz CT molecular complexity index is 679. The normalized spacial score (nSPS) is 10.8. The lowest BCUT2D eigenvalue weighted by atomic mass is 10.2. The van der Waals surface area contributed by atoms with E-state index in [2.05, 4.69) is 20.5 Å². The first-order valence-electron chi connectivity index (χ1n) is 6.18. The van der Waals surface area contributed by atoms with E-state index in [1.807, 2.05) is 36.5 Å². The van der Waals surface area contributed by atoms with Gasteiger partial charge in [-0.2, -0.15) is 4.98 Å². The molecule has 0 saturated carbocycles. The molecule has 0 aliphatic heterocycles. The lowest BCUT2D eigenvalue weighted by Crippen LogP contribution is -2.02. The number of rotatable bonds is 5. The van der Waals surface area contributed by atoms with Crippen molar-refractivity contribution in [2.45, 2.75) is 13.0 Å². The van der Waals surface area contributed by atoms with Gasteiger partial charge in [0.2, 0.25) is 0 Å². The third-order valence-electron chi connectivity index (χ3n) is 2.73. The molecule has 3 rings (SSSR count). The van der Waals surface area contributed by atoms with Crippen molar-refractivity contribution in [3.8, 4) is 11.5 Å². The highest BCUT2D eigenvalue weighted by Gasteiger charge is 2.09. The lowest BCUT2D eigenvalue weighted by molar-refractivity contribution is 0.418. The van der Waals surface area contributed by atoms with Crippen LogP contribution in [0.4, 0.5) is 0 Å². The molecule has 0 N–H and O–H groups in total. The minimum absolute atomic E-state index is 0.422. The predicted octanol–water partition coefficient (Wildman–Crippen LogP) is 2.16. The molecule has 7 heteroatoms. The van der Waals surface area contributed by atoms with E-state index in [1.165, 1.54) is 0 Å². The summed E-state index contributed by atoms with van der Waals surface area (Å²) in [6.45, 7) is 0.422. The van der Waals surface area contributed by atoms with Crippen molar-refractivity contribution in [3.63, 3.8) is 0 Å². The van der Waals surface area contributed by atoms with Gasteiger partial charge in [0.15, 0.2) is 5.82 Å². The monoisotopic (exact) mass is 289 g/mol. The molecule has 6 nitrogen and oxygen atoms in total.